The summed E-state index contributed by atoms with van der Waals surface area (Å²) in [6, 6.07) is 20.4. The van der Waals surface area contributed by atoms with Crippen molar-refractivity contribution in [2.45, 2.75) is 6.10 Å². The molecule has 0 bridgehead atoms. The van der Waals surface area contributed by atoms with Gasteiger partial charge >= 0.3 is 0 Å². The summed E-state index contributed by atoms with van der Waals surface area (Å²) < 4.78 is 0. The van der Waals surface area contributed by atoms with Crippen LogP contribution in [0.4, 0.5) is 5.95 Å². The third-order valence-corrected chi connectivity index (χ3v) is 5.04. The molecule has 1 N–H and O–H groups in total. The predicted octanol–water partition coefficient (Wildman–Crippen LogP) is 3.00. The van der Waals surface area contributed by atoms with E-state index in [1.54, 1.807) is 12.4 Å². The summed E-state index contributed by atoms with van der Waals surface area (Å²) in [5.41, 5.74) is 3.32. The van der Waals surface area contributed by atoms with Gasteiger partial charge in [-0.05, 0) is 22.8 Å². The summed E-state index contributed by atoms with van der Waals surface area (Å²) >= 11 is 0. The first-order chi connectivity index (χ1) is 13.3. The van der Waals surface area contributed by atoms with E-state index in [0.29, 0.717) is 6.54 Å². The van der Waals surface area contributed by atoms with E-state index in [1.165, 1.54) is 11.1 Å². The van der Waals surface area contributed by atoms with Crippen LogP contribution in [-0.4, -0.2) is 52.7 Å². The fourth-order valence-electron chi connectivity index (χ4n) is 3.46. The SMILES string of the molecule is OC(CN1CCN(c2ncccn2)CC1)c1ccc(-c2ccccc2)cc1. The van der Waals surface area contributed by atoms with Crippen LogP contribution in [0.5, 0.6) is 0 Å². The van der Waals surface area contributed by atoms with Crippen LogP contribution in [0.25, 0.3) is 11.1 Å². The van der Waals surface area contributed by atoms with Crippen LogP contribution in [0.3, 0.4) is 0 Å². The molecule has 2 heterocycles. The monoisotopic (exact) mass is 360 g/mol. The van der Waals surface area contributed by atoms with Crippen molar-refractivity contribution in [3.63, 3.8) is 0 Å². The number of β-amino-alcohol motifs (C(OH)–C–C–N with tert-alkyl or cyclic N) is 1. The van der Waals surface area contributed by atoms with E-state index < -0.39 is 6.10 Å². The van der Waals surface area contributed by atoms with Crippen LogP contribution in [0.1, 0.15) is 11.7 Å². The summed E-state index contributed by atoms with van der Waals surface area (Å²) in [4.78, 5) is 13.1. The molecule has 1 aliphatic heterocycles. The van der Waals surface area contributed by atoms with E-state index in [1.807, 2.05) is 36.4 Å². The molecule has 138 valence electrons. The molecular formula is C22H24N4O. The molecule has 5 heteroatoms. The molecule has 1 saturated heterocycles. The van der Waals surface area contributed by atoms with Crippen LogP contribution in [0.2, 0.25) is 0 Å². The number of aromatic nitrogens is 2. The third-order valence-electron chi connectivity index (χ3n) is 5.04. The second kappa shape index (κ2) is 8.29. The molecule has 0 amide bonds. The zero-order valence-electron chi connectivity index (χ0n) is 15.3. The standard InChI is InChI=1S/C22H24N4O/c27-21(20-9-7-19(8-10-20)18-5-2-1-3-6-18)17-25-13-15-26(16-14-25)22-23-11-4-12-24-22/h1-12,21,27H,13-17H2. The van der Waals surface area contributed by atoms with E-state index in [2.05, 4.69) is 44.0 Å². The Kier molecular flexibility index (Phi) is 5.42. The summed E-state index contributed by atoms with van der Waals surface area (Å²) in [6.07, 6.45) is 3.07. The number of rotatable bonds is 5. The fourth-order valence-corrected chi connectivity index (χ4v) is 3.46. The van der Waals surface area contributed by atoms with E-state index in [4.69, 9.17) is 0 Å². The minimum absolute atomic E-state index is 0.477. The summed E-state index contributed by atoms with van der Waals surface area (Å²) in [6.45, 7) is 4.20. The Morgan fingerprint density at radius 2 is 1.41 bits per heavy atom. The van der Waals surface area contributed by atoms with Gasteiger partial charge in [-0.1, -0.05) is 54.6 Å². The average molecular weight is 360 g/mol. The van der Waals surface area contributed by atoms with Gasteiger partial charge in [-0.3, -0.25) is 4.90 Å². The van der Waals surface area contributed by atoms with Crippen molar-refractivity contribution in [1.29, 1.82) is 0 Å². The Morgan fingerprint density at radius 1 is 0.778 bits per heavy atom. The number of benzene rings is 2. The van der Waals surface area contributed by atoms with E-state index in [9.17, 15) is 5.11 Å². The Bertz CT molecular complexity index is 831. The van der Waals surface area contributed by atoms with E-state index in [-0.39, 0.29) is 0 Å². The zero-order valence-corrected chi connectivity index (χ0v) is 15.3. The van der Waals surface area contributed by atoms with Crippen LogP contribution in [-0.2, 0) is 0 Å². The van der Waals surface area contributed by atoms with Crippen molar-refractivity contribution in [2.24, 2.45) is 0 Å². The fraction of sp³-hybridized carbons (Fsp3) is 0.273. The molecule has 1 fully saturated rings. The minimum atomic E-state index is -0.477. The molecule has 0 saturated carbocycles. The molecule has 0 spiro atoms. The van der Waals surface area contributed by atoms with Gasteiger partial charge in [0, 0.05) is 45.1 Å². The number of anilines is 1. The maximum absolute atomic E-state index is 10.6. The molecular weight excluding hydrogens is 336 g/mol. The Balaban J connectivity index is 1.32. The smallest absolute Gasteiger partial charge is 0.225 e. The number of hydrogen-bond donors (Lipinski definition) is 1. The molecule has 1 atom stereocenters. The second-order valence-electron chi connectivity index (χ2n) is 6.84. The van der Waals surface area contributed by atoms with E-state index in [0.717, 1.165) is 37.7 Å². The third kappa shape index (κ3) is 4.32. The van der Waals surface area contributed by atoms with Crippen molar-refractivity contribution >= 4 is 5.95 Å². The Morgan fingerprint density at radius 3 is 2.07 bits per heavy atom. The molecule has 0 aliphatic carbocycles. The van der Waals surface area contributed by atoms with Gasteiger partial charge in [-0.15, -0.1) is 0 Å². The Hall–Kier alpha value is -2.76. The quantitative estimate of drug-likeness (QED) is 0.758. The van der Waals surface area contributed by atoms with Crippen LogP contribution in [0, 0.1) is 0 Å². The van der Waals surface area contributed by atoms with Gasteiger partial charge in [-0.25, -0.2) is 9.97 Å². The number of aliphatic hydroxyl groups excluding tert-OH is 1. The highest BCUT2D eigenvalue weighted by Gasteiger charge is 2.21. The lowest BCUT2D eigenvalue weighted by Crippen LogP contribution is -2.48. The van der Waals surface area contributed by atoms with Crippen molar-refractivity contribution in [2.75, 3.05) is 37.6 Å². The van der Waals surface area contributed by atoms with Crippen molar-refractivity contribution in [3.05, 3.63) is 78.6 Å². The Labute approximate surface area is 159 Å². The first kappa shape index (κ1) is 17.6. The molecule has 5 nitrogen and oxygen atoms in total. The molecule has 3 aromatic rings. The molecule has 0 radical (unpaired) electrons. The normalized spacial score (nSPS) is 16.3. The molecule has 27 heavy (non-hydrogen) atoms. The summed E-state index contributed by atoms with van der Waals surface area (Å²) in [7, 11) is 0. The van der Waals surface area contributed by atoms with Crippen LogP contribution in [0.15, 0.2) is 73.1 Å². The molecule has 1 aromatic heterocycles. The van der Waals surface area contributed by atoms with Gasteiger partial charge in [-0.2, -0.15) is 0 Å². The van der Waals surface area contributed by atoms with Crippen LogP contribution < -0.4 is 4.90 Å². The first-order valence-electron chi connectivity index (χ1n) is 9.37. The molecule has 1 aliphatic rings. The van der Waals surface area contributed by atoms with Gasteiger partial charge < -0.3 is 10.0 Å². The van der Waals surface area contributed by atoms with E-state index >= 15 is 0 Å². The lowest BCUT2D eigenvalue weighted by atomic mass is 10.0. The number of nitrogens with zero attached hydrogens (tertiary/aromatic N) is 4. The predicted molar refractivity (Wildman–Crippen MR) is 108 cm³/mol. The van der Waals surface area contributed by atoms with Crippen molar-refractivity contribution in [1.82, 2.24) is 14.9 Å². The number of aliphatic hydroxyl groups is 1. The molecule has 1 unspecified atom stereocenters. The minimum Gasteiger partial charge on any atom is -0.387 e. The van der Waals surface area contributed by atoms with Crippen molar-refractivity contribution < 1.29 is 5.11 Å². The maximum atomic E-state index is 10.6. The van der Waals surface area contributed by atoms with Gasteiger partial charge in [0.25, 0.3) is 0 Å². The highest BCUT2D eigenvalue weighted by atomic mass is 16.3. The molecule has 2 aromatic carbocycles. The zero-order chi connectivity index (χ0) is 18.5. The van der Waals surface area contributed by atoms with Gasteiger partial charge in [0.05, 0.1) is 6.10 Å². The lowest BCUT2D eigenvalue weighted by Gasteiger charge is -2.35. The van der Waals surface area contributed by atoms with Gasteiger partial charge in [0.1, 0.15) is 0 Å². The first-order valence-corrected chi connectivity index (χ1v) is 9.37. The summed E-state index contributed by atoms with van der Waals surface area (Å²) in [5, 5.41) is 10.6. The highest BCUT2D eigenvalue weighted by Crippen LogP contribution is 2.22. The van der Waals surface area contributed by atoms with Crippen molar-refractivity contribution in [3.8, 4) is 11.1 Å². The van der Waals surface area contributed by atoms with Gasteiger partial charge in [0.2, 0.25) is 5.95 Å². The van der Waals surface area contributed by atoms with Gasteiger partial charge in [0.15, 0.2) is 0 Å². The average Bonchev–Trinajstić information content (AvgIpc) is 2.76. The lowest BCUT2D eigenvalue weighted by molar-refractivity contribution is 0.109. The number of piperazine rings is 1. The maximum Gasteiger partial charge on any atom is 0.225 e. The van der Waals surface area contributed by atoms with Crippen LogP contribution >= 0.6 is 0 Å². The second-order valence-corrected chi connectivity index (χ2v) is 6.84. The number of hydrogen-bond acceptors (Lipinski definition) is 5. The largest absolute Gasteiger partial charge is 0.387 e. The topological polar surface area (TPSA) is 52.5 Å². The summed E-state index contributed by atoms with van der Waals surface area (Å²) in [5.74, 6) is 0.786. The highest BCUT2D eigenvalue weighted by molar-refractivity contribution is 5.63. The molecule has 4 rings (SSSR count).